The van der Waals surface area contributed by atoms with Crippen molar-refractivity contribution in [2.24, 2.45) is 5.10 Å². The van der Waals surface area contributed by atoms with E-state index in [9.17, 15) is 4.79 Å². The largest absolute Gasteiger partial charge is 0.507 e. The summed E-state index contributed by atoms with van der Waals surface area (Å²) in [6.45, 7) is 0. The van der Waals surface area contributed by atoms with Crippen LogP contribution in [0.4, 0.5) is 0 Å². The van der Waals surface area contributed by atoms with Gasteiger partial charge < -0.3 is 5.11 Å². The molecule has 13 heavy (non-hydrogen) atoms. The number of hydrogen-bond acceptors (Lipinski definition) is 3. The van der Waals surface area contributed by atoms with Gasteiger partial charge in [-0.2, -0.15) is 5.10 Å². The van der Waals surface area contributed by atoms with Gasteiger partial charge in [0.2, 0.25) is 6.41 Å². The Morgan fingerprint density at radius 3 is 2.92 bits per heavy atom. The standard InChI is InChI=1S/C8H7BrN2O2/c9-7-3-6(1-2-8(7)13)4-10-11-5-12/h1-5,13H,(H,11,12)/b10-4+. The van der Waals surface area contributed by atoms with Crippen LogP contribution in [0, 0.1) is 0 Å². The van der Waals surface area contributed by atoms with Crippen LogP contribution in [0.3, 0.4) is 0 Å². The van der Waals surface area contributed by atoms with Crippen LogP contribution >= 0.6 is 15.9 Å². The van der Waals surface area contributed by atoms with Crippen LogP contribution in [0.5, 0.6) is 5.75 Å². The zero-order valence-electron chi connectivity index (χ0n) is 6.57. The first-order valence-electron chi connectivity index (χ1n) is 3.45. The number of nitrogens with one attached hydrogen (secondary N) is 1. The summed E-state index contributed by atoms with van der Waals surface area (Å²) in [5, 5.41) is 12.7. The molecule has 68 valence electrons. The van der Waals surface area contributed by atoms with E-state index in [1.807, 2.05) is 0 Å². The summed E-state index contributed by atoms with van der Waals surface area (Å²) in [4.78, 5) is 9.84. The van der Waals surface area contributed by atoms with Gasteiger partial charge in [-0.1, -0.05) is 0 Å². The van der Waals surface area contributed by atoms with Crippen LogP contribution in [0.15, 0.2) is 27.8 Å². The summed E-state index contributed by atoms with van der Waals surface area (Å²) < 4.78 is 0.586. The monoisotopic (exact) mass is 242 g/mol. The lowest BCUT2D eigenvalue weighted by molar-refractivity contribution is -0.109. The molecule has 1 rings (SSSR count). The average molecular weight is 243 g/mol. The van der Waals surface area contributed by atoms with E-state index in [4.69, 9.17) is 5.11 Å². The van der Waals surface area contributed by atoms with Crippen LogP contribution in [0.2, 0.25) is 0 Å². The summed E-state index contributed by atoms with van der Waals surface area (Å²) in [5.74, 6) is 0.167. The highest BCUT2D eigenvalue weighted by Gasteiger charge is 1.96. The molecule has 0 aliphatic carbocycles. The number of halogens is 1. The van der Waals surface area contributed by atoms with E-state index < -0.39 is 0 Å². The summed E-state index contributed by atoms with van der Waals surface area (Å²) >= 11 is 3.15. The van der Waals surface area contributed by atoms with E-state index in [1.54, 1.807) is 12.1 Å². The molecule has 0 fully saturated rings. The second-order valence-electron chi connectivity index (χ2n) is 2.22. The molecule has 0 aliphatic rings. The van der Waals surface area contributed by atoms with Crippen LogP contribution in [-0.4, -0.2) is 17.7 Å². The number of hydrazone groups is 1. The topological polar surface area (TPSA) is 61.7 Å². The van der Waals surface area contributed by atoms with Crippen LogP contribution in [0.25, 0.3) is 0 Å². The lowest BCUT2D eigenvalue weighted by atomic mass is 10.2. The highest BCUT2D eigenvalue weighted by atomic mass is 79.9. The molecular formula is C8H7BrN2O2. The molecule has 1 aromatic rings. The van der Waals surface area contributed by atoms with Crippen LogP contribution in [-0.2, 0) is 4.79 Å². The molecule has 0 aromatic heterocycles. The Hall–Kier alpha value is -1.36. The predicted octanol–water partition coefficient (Wildman–Crippen LogP) is 1.23. The fourth-order valence-corrected chi connectivity index (χ4v) is 1.14. The molecule has 0 atom stereocenters. The lowest BCUT2D eigenvalue weighted by Crippen LogP contribution is -2.00. The minimum Gasteiger partial charge on any atom is -0.507 e. The van der Waals surface area contributed by atoms with Gasteiger partial charge in [-0.05, 0) is 39.7 Å². The maximum Gasteiger partial charge on any atom is 0.227 e. The Bertz CT molecular complexity index is 339. The third-order valence-electron chi connectivity index (χ3n) is 1.31. The van der Waals surface area contributed by atoms with Crippen molar-refractivity contribution in [3.8, 4) is 5.75 Å². The molecule has 0 radical (unpaired) electrons. The summed E-state index contributed by atoms with van der Waals surface area (Å²) in [6.07, 6.45) is 1.95. The average Bonchev–Trinajstić information content (AvgIpc) is 2.12. The summed E-state index contributed by atoms with van der Waals surface area (Å²) in [6, 6.07) is 4.90. The minimum atomic E-state index is 0.167. The molecular weight excluding hydrogens is 236 g/mol. The first-order chi connectivity index (χ1) is 6.24. The third kappa shape index (κ3) is 2.87. The first kappa shape index (κ1) is 9.73. The molecule has 0 saturated carbocycles. The lowest BCUT2D eigenvalue weighted by Gasteiger charge is -1.97. The van der Waals surface area contributed by atoms with Crippen LogP contribution in [0.1, 0.15) is 5.56 Å². The number of rotatable bonds is 3. The van der Waals surface area contributed by atoms with Crippen molar-refractivity contribution in [3.63, 3.8) is 0 Å². The van der Waals surface area contributed by atoms with Gasteiger partial charge in [-0.15, -0.1) is 0 Å². The van der Waals surface area contributed by atoms with Crippen molar-refractivity contribution in [2.45, 2.75) is 0 Å². The molecule has 4 nitrogen and oxygen atoms in total. The van der Waals surface area contributed by atoms with E-state index in [-0.39, 0.29) is 5.75 Å². The predicted molar refractivity (Wildman–Crippen MR) is 52.6 cm³/mol. The smallest absolute Gasteiger partial charge is 0.227 e. The number of nitrogens with zero attached hydrogens (tertiary/aromatic N) is 1. The molecule has 0 saturated heterocycles. The van der Waals surface area contributed by atoms with Crippen LogP contribution < -0.4 is 5.43 Å². The molecule has 5 heteroatoms. The quantitative estimate of drug-likeness (QED) is 0.476. The number of carbonyl (C=O) groups excluding carboxylic acids is 1. The Kier molecular flexibility index (Phi) is 3.45. The SMILES string of the molecule is O=CN/N=C/c1ccc(O)c(Br)c1. The molecule has 0 bridgehead atoms. The van der Waals surface area contributed by atoms with E-state index in [0.29, 0.717) is 10.9 Å². The number of phenols is 1. The molecule has 0 unspecified atom stereocenters. The highest BCUT2D eigenvalue weighted by Crippen LogP contribution is 2.23. The van der Waals surface area contributed by atoms with Crippen molar-refractivity contribution < 1.29 is 9.90 Å². The van der Waals surface area contributed by atoms with Crippen molar-refractivity contribution in [3.05, 3.63) is 28.2 Å². The summed E-state index contributed by atoms with van der Waals surface area (Å²) in [5.41, 5.74) is 2.92. The number of hydrogen-bond donors (Lipinski definition) is 2. The van der Waals surface area contributed by atoms with Gasteiger partial charge in [0.25, 0.3) is 0 Å². The van der Waals surface area contributed by atoms with Crippen molar-refractivity contribution in [1.82, 2.24) is 5.43 Å². The molecule has 1 aromatic carbocycles. The molecule has 2 N–H and O–H groups in total. The van der Waals surface area contributed by atoms with E-state index in [1.165, 1.54) is 12.3 Å². The molecule has 1 amide bonds. The zero-order valence-corrected chi connectivity index (χ0v) is 8.15. The first-order valence-corrected chi connectivity index (χ1v) is 4.24. The molecule has 0 aliphatic heterocycles. The van der Waals surface area contributed by atoms with Gasteiger partial charge in [-0.3, -0.25) is 4.79 Å². The van der Waals surface area contributed by atoms with Gasteiger partial charge in [0.1, 0.15) is 5.75 Å². The number of benzene rings is 1. The fourth-order valence-electron chi connectivity index (χ4n) is 0.746. The Balaban J connectivity index is 2.79. The normalized spacial score (nSPS) is 10.2. The molecule has 0 heterocycles. The number of phenolic OH excluding ortho intramolecular Hbond substituents is 1. The fraction of sp³-hybridized carbons (Fsp3) is 0. The maximum absolute atomic E-state index is 9.84. The van der Waals surface area contributed by atoms with E-state index in [0.717, 1.165) is 5.56 Å². The Morgan fingerprint density at radius 2 is 2.31 bits per heavy atom. The maximum atomic E-state index is 9.84. The van der Waals surface area contributed by atoms with Gasteiger partial charge in [-0.25, -0.2) is 5.43 Å². The van der Waals surface area contributed by atoms with Gasteiger partial charge >= 0.3 is 0 Å². The summed E-state index contributed by atoms with van der Waals surface area (Å²) in [7, 11) is 0. The van der Waals surface area contributed by atoms with E-state index >= 15 is 0 Å². The zero-order chi connectivity index (χ0) is 9.68. The number of carbonyl (C=O) groups is 1. The molecule has 0 spiro atoms. The third-order valence-corrected chi connectivity index (χ3v) is 1.95. The van der Waals surface area contributed by atoms with E-state index in [2.05, 4.69) is 26.5 Å². The van der Waals surface area contributed by atoms with Gasteiger partial charge in [0.05, 0.1) is 10.7 Å². The number of amides is 1. The van der Waals surface area contributed by atoms with Gasteiger partial charge in [0.15, 0.2) is 0 Å². The highest BCUT2D eigenvalue weighted by molar-refractivity contribution is 9.10. The Labute approximate surface area is 83.4 Å². The van der Waals surface area contributed by atoms with Crippen molar-refractivity contribution in [2.75, 3.05) is 0 Å². The van der Waals surface area contributed by atoms with Crippen molar-refractivity contribution in [1.29, 1.82) is 0 Å². The Morgan fingerprint density at radius 1 is 1.54 bits per heavy atom. The second-order valence-corrected chi connectivity index (χ2v) is 3.07. The van der Waals surface area contributed by atoms with Gasteiger partial charge in [0, 0.05) is 0 Å². The minimum absolute atomic E-state index is 0.167. The second kappa shape index (κ2) is 4.61. The van der Waals surface area contributed by atoms with Crippen molar-refractivity contribution >= 4 is 28.6 Å². The number of aromatic hydroxyl groups is 1.